The molecule has 0 spiro atoms. The molecule has 0 aliphatic heterocycles. The van der Waals surface area contributed by atoms with Crippen LogP contribution >= 0.6 is 11.8 Å². The first kappa shape index (κ1) is 13.5. The predicted molar refractivity (Wildman–Crippen MR) is 69.4 cm³/mol. The van der Waals surface area contributed by atoms with Gasteiger partial charge in [0, 0.05) is 12.3 Å². The summed E-state index contributed by atoms with van der Waals surface area (Å²) in [5.41, 5.74) is 6.34. The van der Waals surface area contributed by atoms with Gasteiger partial charge < -0.3 is 5.73 Å². The number of thioether (sulfide) groups is 1. The summed E-state index contributed by atoms with van der Waals surface area (Å²) < 4.78 is 23.8. The van der Waals surface area contributed by atoms with Gasteiger partial charge in [0.05, 0.1) is 10.6 Å². The second kappa shape index (κ2) is 6.27. The monoisotopic (exact) mass is 259 g/mol. The summed E-state index contributed by atoms with van der Waals surface area (Å²) in [7, 11) is -3.14. The average Bonchev–Trinajstić information content (AvgIpc) is 2.29. The van der Waals surface area contributed by atoms with E-state index in [4.69, 9.17) is 5.73 Å². The Bertz CT molecular complexity index is 429. The Labute approximate surface area is 101 Å². The van der Waals surface area contributed by atoms with Crippen molar-refractivity contribution in [1.82, 2.24) is 0 Å². The lowest BCUT2D eigenvalue weighted by molar-refractivity contribution is 0.597. The lowest BCUT2D eigenvalue weighted by Gasteiger charge is -2.05. The Kier molecular flexibility index (Phi) is 5.31. The van der Waals surface area contributed by atoms with E-state index < -0.39 is 9.84 Å². The summed E-state index contributed by atoms with van der Waals surface area (Å²) in [6.45, 7) is 2.39. The smallest absolute Gasteiger partial charge is 0.179 e. The van der Waals surface area contributed by atoms with Gasteiger partial charge in [-0.1, -0.05) is 19.1 Å². The third-order valence-electron chi connectivity index (χ3n) is 2.19. The molecular formula is C11H17NO2S2. The molecule has 0 unspecified atom stereocenters. The van der Waals surface area contributed by atoms with Crippen molar-refractivity contribution < 1.29 is 8.42 Å². The van der Waals surface area contributed by atoms with Crippen LogP contribution in [-0.4, -0.2) is 25.7 Å². The van der Waals surface area contributed by atoms with E-state index >= 15 is 0 Å². The molecule has 1 rings (SSSR count). The molecule has 0 heterocycles. The number of hydrogen-bond donors (Lipinski definition) is 1. The molecule has 5 heteroatoms. The Morgan fingerprint density at radius 3 is 2.75 bits per heavy atom. The number of nitrogens with two attached hydrogens (primary N) is 1. The van der Waals surface area contributed by atoms with E-state index in [0.717, 1.165) is 11.3 Å². The van der Waals surface area contributed by atoms with Crippen molar-refractivity contribution in [2.75, 3.05) is 17.3 Å². The van der Waals surface area contributed by atoms with Gasteiger partial charge in [0.15, 0.2) is 9.84 Å². The van der Waals surface area contributed by atoms with E-state index in [0.29, 0.717) is 17.2 Å². The van der Waals surface area contributed by atoms with Crippen molar-refractivity contribution in [1.29, 1.82) is 0 Å². The molecule has 1 aromatic carbocycles. The van der Waals surface area contributed by atoms with Crippen LogP contribution in [0.4, 0.5) is 0 Å². The van der Waals surface area contributed by atoms with Crippen molar-refractivity contribution in [3.05, 3.63) is 29.8 Å². The van der Waals surface area contributed by atoms with Crippen LogP contribution in [0.5, 0.6) is 0 Å². The number of sulfone groups is 1. The third-order valence-corrected chi connectivity index (χ3v) is 5.07. The van der Waals surface area contributed by atoms with Crippen LogP contribution in [0, 0.1) is 0 Å². The van der Waals surface area contributed by atoms with E-state index in [1.807, 2.05) is 13.0 Å². The minimum atomic E-state index is -3.14. The van der Waals surface area contributed by atoms with Crippen LogP contribution in [0.1, 0.15) is 12.5 Å². The summed E-state index contributed by atoms with van der Waals surface area (Å²) in [5, 5.41) is 0. The van der Waals surface area contributed by atoms with Crippen molar-refractivity contribution >= 4 is 21.6 Å². The fourth-order valence-electron chi connectivity index (χ4n) is 1.30. The highest BCUT2D eigenvalue weighted by Gasteiger charge is 2.13. The van der Waals surface area contributed by atoms with Gasteiger partial charge in [0.1, 0.15) is 0 Å². The maximum absolute atomic E-state index is 11.9. The van der Waals surface area contributed by atoms with Crippen molar-refractivity contribution in [2.45, 2.75) is 18.4 Å². The zero-order valence-corrected chi connectivity index (χ0v) is 11.0. The summed E-state index contributed by atoms with van der Waals surface area (Å²) in [6.07, 6.45) is 0. The van der Waals surface area contributed by atoms with Gasteiger partial charge >= 0.3 is 0 Å². The Morgan fingerprint density at radius 2 is 2.12 bits per heavy atom. The van der Waals surface area contributed by atoms with Gasteiger partial charge in [-0.15, -0.1) is 0 Å². The van der Waals surface area contributed by atoms with Crippen LogP contribution in [0.3, 0.4) is 0 Å². The first-order chi connectivity index (χ1) is 7.60. The topological polar surface area (TPSA) is 60.2 Å². The minimum Gasteiger partial charge on any atom is -0.326 e. The molecule has 0 aromatic heterocycles. The van der Waals surface area contributed by atoms with Crippen LogP contribution < -0.4 is 5.73 Å². The summed E-state index contributed by atoms with van der Waals surface area (Å²) in [4.78, 5) is 0.382. The number of hydrogen-bond acceptors (Lipinski definition) is 4. The molecule has 0 atom stereocenters. The molecule has 0 amide bonds. The van der Waals surface area contributed by atoms with Crippen LogP contribution in [-0.2, 0) is 16.4 Å². The molecule has 0 bridgehead atoms. The predicted octanol–water partition coefficient (Wildman–Crippen LogP) is 1.67. The first-order valence-electron chi connectivity index (χ1n) is 5.19. The Hall–Kier alpha value is -0.520. The molecule has 0 fully saturated rings. The normalized spacial score (nSPS) is 11.6. The number of rotatable bonds is 6. The average molecular weight is 259 g/mol. The molecule has 16 heavy (non-hydrogen) atoms. The van der Waals surface area contributed by atoms with Crippen molar-refractivity contribution in [3.8, 4) is 0 Å². The van der Waals surface area contributed by atoms with Gasteiger partial charge in [-0.3, -0.25) is 0 Å². The summed E-state index contributed by atoms with van der Waals surface area (Å²) in [6, 6.07) is 6.86. The molecule has 0 radical (unpaired) electrons. The maximum atomic E-state index is 11.9. The van der Waals surface area contributed by atoms with Crippen molar-refractivity contribution in [3.63, 3.8) is 0 Å². The molecule has 0 aliphatic carbocycles. The largest absolute Gasteiger partial charge is 0.326 e. The fourth-order valence-corrected chi connectivity index (χ4v) is 3.79. The first-order valence-corrected chi connectivity index (χ1v) is 8.00. The summed E-state index contributed by atoms with van der Waals surface area (Å²) in [5.74, 6) is 1.78. The highest BCUT2D eigenvalue weighted by Crippen LogP contribution is 2.14. The van der Waals surface area contributed by atoms with E-state index in [1.165, 1.54) is 0 Å². The van der Waals surface area contributed by atoms with Gasteiger partial charge in [-0.25, -0.2) is 8.42 Å². The Morgan fingerprint density at radius 1 is 1.38 bits per heavy atom. The van der Waals surface area contributed by atoms with Crippen LogP contribution in [0.25, 0.3) is 0 Å². The van der Waals surface area contributed by atoms with Gasteiger partial charge in [-0.05, 0) is 23.4 Å². The van der Waals surface area contributed by atoms with Crippen molar-refractivity contribution in [2.24, 2.45) is 5.73 Å². The Balaban J connectivity index is 2.81. The zero-order valence-electron chi connectivity index (χ0n) is 9.35. The van der Waals surface area contributed by atoms with E-state index in [9.17, 15) is 8.42 Å². The maximum Gasteiger partial charge on any atom is 0.179 e. The highest BCUT2D eigenvalue weighted by atomic mass is 32.2. The van der Waals surface area contributed by atoms with Crippen LogP contribution in [0.2, 0.25) is 0 Å². The van der Waals surface area contributed by atoms with Crippen LogP contribution in [0.15, 0.2) is 29.2 Å². The molecule has 0 saturated carbocycles. The minimum absolute atomic E-state index is 0.194. The molecule has 1 aromatic rings. The van der Waals surface area contributed by atoms with E-state index in [2.05, 4.69) is 0 Å². The second-order valence-electron chi connectivity index (χ2n) is 3.37. The van der Waals surface area contributed by atoms with Gasteiger partial charge in [0.25, 0.3) is 0 Å². The third kappa shape index (κ3) is 3.81. The molecule has 0 saturated heterocycles. The quantitative estimate of drug-likeness (QED) is 0.790. The molecule has 0 aliphatic rings. The highest BCUT2D eigenvalue weighted by molar-refractivity contribution is 8.00. The lowest BCUT2D eigenvalue weighted by atomic mass is 10.2. The van der Waals surface area contributed by atoms with E-state index in [1.54, 1.807) is 30.0 Å². The number of benzene rings is 1. The van der Waals surface area contributed by atoms with Gasteiger partial charge in [-0.2, -0.15) is 11.8 Å². The summed E-state index contributed by atoms with van der Waals surface area (Å²) >= 11 is 1.64. The second-order valence-corrected chi connectivity index (χ2v) is 6.87. The van der Waals surface area contributed by atoms with Gasteiger partial charge in [0.2, 0.25) is 0 Å². The fraction of sp³-hybridized carbons (Fsp3) is 0.455. The van der Waals surface area contributed by atoms with E-state index in [-0.39, 0.29) is 5.75 Å². The molecule has 3 nitrogen and oxygen atoms in total. The SMILES string of the molecule is CCSCCS(=O)(=O)c1cccc(CN)c1. The standard InChI is InChI=1S/C11H17NO2S2/c1-2-15-6-7-16(13,14)11-5-3-4-10(8-11)9-12/h3-5,8H,2,6-7,9,12H2,1H3. The lowest BCUT2D eigenvalue weighted by Crippen LogP contribution is -2.10. The molecule has 2 N–H and O–H groups in total. The molecule has 90 valence electrons. The zero-order chi connectivity index (χ0) is 12.0. The molecular weight excluding hydrogens is 242 g/mol.